The Morgan fingerprint density at radius 3 is 2.64 bits per heavy atom. The van der Waals surface area contributed by atoms with E-state index in [0.717, 1.165) is 41.2 Å². The van der Waals surface area contributed by atoms with Gasteiger partial charge >= 0.3 is 0 Å². The number of hydrogen-bond donors (Lipinski definition) is 0. The highest BCUT2D eigenvalue weighted by atomic mass is 16.7. The lowest BCUT2D eigenvalue weighted by atomic mass is 10.1. The van der Waals surface area contributed by atoms with E-state index in [2.05, 4.69) is 5.16 Å². The predicted molar refractivity (Wildman–Crippen MR) is 91.9 cm³/mol. The van der Waals surface area contributed by atoms with E-state index in [1.807, 2.05) is 54.6 Å². The minimum absolute atomic E-state index is 0.213. The third-order valence-corrected chi connectivity index (χ3v) is 4.29. The molecule has 5 nitrogen and oxygen atoms in total. The fraction of sp³-hybridized carbons (Fsp3) is 0.150. The van der Waals surface area contributed by atoms with Crippen LogP contribution in [0.1, 0.15) is 22.6 Å². The van der Waals surface area contributed by atoms with Crippen molar-refractivity contribution < 1.29 is 18.7 Å². The number of aryl methyl sites for hydroxylation is 2. The van der Waals surface area contributed by atoms with E-state index >= 15 is 0 Å². The summed E-state index contributed by atoms with van der Waals surface area (Å²) in [6.45, 7) is 0.213. The average molecular weight is 333 g/mol. The minimum atomic E-state index is 0.213. The number of hydrogen-bond acceptors (Lipinski definition) is 5. The van der Waals surface area contributed by atoms with Crippen LogP contribution in [0.2, 0.25) is 0 Å². The maximum Gasteiger partial charge on any atom is 0.231 e. The third-order valence-electron chi connectivity index (χ3n) is 4.29. The third kappa shape index (κ3) is 2.74. The van der Waals surface area contributed by atoms with E-state index in [1.165, 1.54) is 0 Å². The van der Waals surface area contributed by atoms with E-state index in [9.17, 15) is 0 Å². The molecule has 1 aromatic heterocycles. The number of nitrogens with zero attached hydrogens (tertiary/aromatic N) is 1. The topological polar surface area (TPSA) is 53.7 Å². The van der Waals surface area contributed by atoms with E-state index in [0.29, 0.717) is 17.2 Å². The first-order valence-electron chi connectivity index (χ1n) is 8.18. The Balaban J connectivity index is 1.62. The molecular weight excluding hydrogens is 318 g/mol. The van der Waals surface area contributed by atoms with Crippen LogP contribution in [0.25, 0.3) is 12.2 Å². The van der Waals surface area contributed by atoms with Crippen molar-refractivity contribution in [1.29, 1.82) is 0 Å². The Labute approximate surface area is 144 Å². The lowest BCUT2D eigenvalue weighted by molar-refractivity contribution is 0.172. The first-order valence-corrected chi connectivity index (χ1v) is 8.18. The highest BCUT2D eigenvalue weighted by Gasteiger charge is 2.21. The van der Waals surface area contributed by atoms with Crippen LogP contribution in [0.15, 0.2) is 47.0 Å². The molecule has 4 heterocycles. The van der Waals surface area contributed by atoms with Crippen molar-refractivity contribution >= 4 is 12.2 Å². The second-order valence-corrected chi connectivity index (χ2v) is 6.05. The van der Waals surface area contributed by atoms with Crippen LogP contribution in [0, 0.1) is 0 Å². The van der Waals surface area contributed by atoms with Crippen LogP contribution in [0.5, 0.6) is 23.0 Å². The maximum absolute atomic E-state index is 6.05. The molecule has 0 saturated heterocycles. The fourth-order valence-electron chi connectivity index (χ4n) is 3.00. The summed E-state index contributed by atoms with van der Waals surface area (Å²) in [5.74, 6) is 3.64. The van der Waals surface area contributed by atoms with Gasteiger partial charge in [0.15, 0.2) is 11.5 Å². The van der Waals surface area contributed by atoms with Gasteiger partial charge in [-0.3, -0.25) is 0 Å². The van der Waals surface area contributed by atoms with Crippen molar-refractivity contribution in [3.05, 3.63) is 65.0 Å². The normalized spacial score (nSPS) is 16.0. The Morgan fingerprint density at radius 1 is 0.840 bits per heavy atom. The zero-order valence-corrected chi connectivity index (χ0v) is 13.4. The lowest BCUT2D eigenvalue weighted by Gasteiger charge is -2.11. The molecule has 0 atom stereocenters. The zero-order valence-electron chi connectivity index (χ0n) is 13.4. The van der Waals surface area contributed by atoms with E-state index in [-0.39, 0.29) is 6.79 Å². The van der Waals surface area contributed by atoms with Gasteiger partial charge in [-0.05, 0) is 47.9 Å². The van der Waals surface area contributed by atoms with E-state index in [1.54, 1.807) is 0 Å². The molecule has 2 aromatic carbocycles. The molecule has 0 amide bonds. The Morgan fingerprint density at radius 2 is 1.72 bits per heavy atom. The molecule has 3 aliphatic heterocycles. The van der Waals surface area contributed by atoms with Gasteiger partial charge in [0, 0.05) is 12.5 Å². The van der Waals surface area contributed by atoms with Gasteiger partial charge in [0.25, 0.3) is 0 Å². The van der Waals surface area contributed by atoms with Crippen molar-refractivity contribution in [2.24, 2.45) is 0 Å². The molecule has 124 valence electrons. The summed E-state index contributed by atoms with van der Waals surface area (Å²) in [6, 6.07) is 13.8. The minimum Gasteiger partial charge on any atom is -0.453 e. The molecule has 0 saturated carbocycles. The largest absolute Gasteiger partial charge is 0.453 e. The Hall–Kier alpha value is -3.21. The summed E-state index contributed by atoms with van der Waals surface area (Å²) in [6.07, 6.45) is 5.49. The van der Waals surface area contributed by atoms with Crippen LogP contribution in [0.3, 0.4) is 0 Å². The van der Waals surface area contributed by atoms with Gasteiger partial charge in [0.2, 0.25) is 12.5 Å². The average Bonchev–Trinajstić information content (AvgIpc) is 3.28. The second-order valence-electron chi connectivity index (χ2n) is 6.05. The van der Waals surface area contributed by atoms with Gasteiger partial charge in [-0.25, -0.2) is 0 Å². The SMILES string of the molecule is C1=C\c2cc(on2)CCc2cc3c(c(c2)Oc2ccc/1cc2)OCO3. The molecule has 0 radical (unpaired) electrons. The molecular formula is C20H15NO4. The summed E-state index contributed by atoms with van der Waals surface area (Å²) in [5.41, 5.74) is 2.97. The molecule has 6 bridgehead atoms. The molecule has 6 rings (SSSR count). The molecule has 5 heteroatoms. The van der Waals surface area contributed by atoms with Crippen molar-refractivity contribution in [2.45, 2.75) is 12.8 Å². The predicted octanol–water partition coefficient (Wildman–Crippen LogP) is 4.46. The molecule has 0 aliphatic carbocycles. The van der Waals surface area contributed by atoms with Crippen LogP contribution in [-0.2, 0) is 12.8 Å². The Kier molecular flexibility index (Phi) is 3.23. The molecule has 3 aromatic rings. The summed E-state index contributed by atoms with van der Waals surface area (Å²) < 4.78 is 22.6. The highest BCUT2D eigenvalue weighted by molar-refractivity contribution is 5.68. The summed E-state index contributed by atoms with van der Waals surface area (Å²) in [5, 5.41) is 4.10. The number of aromatic nitrogens is 1. The number of rotatable bonds is 0. The monoisotopic (exact) mass is 333 g/mol. The van der Waals surface area contributed by atoms with Crippen molar-refractivity contribution in [3.8, 4) is 23.0 Å². The zero-order chi connectivity index (χ0) is 16.6. The van der Waals surface area contributed by atoms with Crippen LogP contribution < -0.4 is 14.2 Å². The number of ether oxygens (including phenoxy) is 3. The Bertz CT molecular complexity index is 956. The van der Waals surface area contributed by atoms with Gasteiger partial charge in [0.05, 0.1) is 0 Å². The highest BCUT2D eigenvalue weighted by Crippen LogP contribution is 2.44. The van der Waals surface area contributed by atoms with Gasteiger partial charge in [-0.2, -0.15) is 0 Å². The fourth-order valence-corrected chi connectivity index (χ4v) is 3.00. The van der Waals surface area contributed by atoms with E-state index in [4.69, 9.17) is 18.7 Å². The molecule has 25 heavy (non-hydrogen) atoms. The summed E-state index contributed by atoms with van der Waals surface area (Å²) in [4.78, 5) is 0. The lowest BCUT2D eigenvalue weighted by Crippen LogP contribution is -1.94. The van der Waals surface area contributed by atoms with Gasteiger partial charge in [-0.15, -0.1) is 0 Å². The van der Waals surface area contributed by atoms with Gasteiger partial charge in [0.1, 0.15) is 17.2 Å². The van der Waals surface area contributed by atoms with Crippen LogP contribution in [-0.4, -0.2) is 11.9 Å². The first kappa shape index (κ1) is 14.2. The molecule has 3 aliphatic rings. The molecule has 0 spiro atoms. The number of benzene rings is 2. The van der Waals surface area contributed by atoms with Crippen LogP contribution in [0.4, 0.5) is 0 Å². The maximum atomic E-state index is 6.05. The van der Waals surface area contributed by atoms with Crippen molar-refractivity contribution in [1.82, 2.24) is 5.16 Å². The number of fused-ring (bicyclic) bond motifs is 4. The second kappa shape index (κ2) is 5.70. The summed E-state index contributed by atoms with van der Waals surface area (Å²) >= 11 is 0. The quantitative estimate of drug-likeness (QED) is 0.608. The van der Waals surface area contributed by atoms with Crippen molar-refractivity contribution in [3.63, 3.8) is 0 Å². The molecule has 0 unspecified atom stereocenters. The molecule has 0 N–H and O–H groups in total. The smallest absolute Gasteiger partial charge is 0.231 e. The standard InChI is InChI=1S/C20H15NO4/c1-5-15-11-17(25-21-15)8-4-14-9-18-20(23-12-22-18)19(10-14)24-16-6-2-13(1)3-7-16/h1-3,5-7,9-11H,4,8,12H2/b5-1-. The summed E-state index contributed by atoms with van der Waals surface area (Å²) in [7, 11) is 0. The first-order chi connectivity index (χ1) is 12.3. The van der Waals surface area contributed by atoms with Crippen molar-refractivity contribution in [2.75, 3.05) is 6.79 Å². The molecule has 0 fully saturated rings. The van der Waals surface area contributed by atoms with Gasteiger partial charge < -0.3 is 18.7 Å². The van der Waals surface area contributed by atoms with Crippen LogP contribution >= 0.6 is 0 Å². The van der Waals surface area contributed by atoms with Gasteiger partial charge in [-0.1, -0.05) is 23.4 Å². The van der Waals surface area contributed by atoms with E-state index < -0.39 is 0 Å².